The van der Waals surface area contributed by atoms with Gasteiger partial charge in [0.05, 0.1) is 12.1 Å². The minimum absolute atomic E-state index is 0.0882. The number of rotatable bonds is 2. The summed E-state index contributed by atoms with van der Waals surface area (Å²) in [7, 11) is 0. The number of Topliss-reactive ketones (excluding diaryl/α,β-unsaturated/α-hetero) is 1. The van der Waals surface area contributed by atoms with Gasteiger partial charge in [-0.05, 0) is 19.4 Å². The van der Waals surface area contributed by atoms with Crippen molar-refractivity contribution < 1.29 is 9.53 Å². The van der Waals surface area contributed by atoms with Gasteiger partial charge in [-0.1, -0.05) is 27.7 Å². The van der Waals surface area contributed by atoms with Crippen LogP contribution in [0.25, 0.3) is 0 Å². The minimum Gasteiger partial charge on any atom is -0.377 e. The molecule has 0 aromatic rings. The van der Waals surface area contributed by atoms with Gasteiger partial charge in [-0.3, -0.25) is 9.69 Å². The summed E-state index contributed by atoms with van der Waals surface area (Å²) < 4.78 is 5.83. The molecule has 3 unspecified atom stereocenters. The number of carbonyl (C=O) groups is 1. The van der Waals surface area contributed by atoms with Gasteiger partial charge < -0.3 is 4.74 Å². The Hall–Kier alpha value is -0.410. The van der Waals surface area contributed by atoms with Crippen molar-refractivity contribution in [3.8, 4) is 0 Å². The molecule has 2 aliphatic heterocycles. The SMILES string of the molecule is CCN1CC2OCCCC2C1C(=O)C(C)(C)C. The predicted molar refractivity (Wildman–Crippen MR) is 68.0 cm³/mol. The van der Waals surface area contributed by atoms with Crippen LogP contribution < -0.4 is 0 Å². The molecule has 98 valence electrons. The highest BCUT2D eigenvalue weighted by molar-refractivity contribution is 5.89. The Labute approximate surface area is 105 Å². The van der Waals surface area contributed by atoms with Gasteiger partial charge in [0.25, 0.3) is 0 Å². The average Bonchev–Trinajstić information content (AvgIpc) is 2.64. The second-order valence-electron chi connectivity index (χ2n) is 6.36. The average molecular weight is 239 g/mol. The van der Waals surface area contributed by atoms with Crippen molar-refractivity contribution in [2.75, 3.05) is 19.7 Å². The lowest BCUT2D eigenvalue weighted by atomic mass is 9.79. The van der Waals surface area contributed by atoms with Crippen molar-refractivity contribution in [1.82, 2.24) is 4.90 Å². The molecule has 0 aromatic carbocycles. The highest BCUT2D eigenvalue weighted by Gasteiger charge is 2.48. The van der Waals surface area contributed by atoms with Crippen molar-refractivity contribution in [1.29, 1.82) is 0 Å². The Morgan fingerprint density at radius 1 is 1.41 bits per heavy atom. The molecule has 0 N–H and O–H groups in total. The molecule has 2 saturated heterocycles. The number of nitrogens with zero attached hydrogens (tertiary/aromatic N) is 1. The molecule has 0 aliphatic carbocycles. The predicted octanol–water partition coefficient (Wildman–Crippen LogP) is 2.10. The van der Waals surface area contributed by atoms with E-state index in [9.17, 15) is 4.79 Å². The second-order valence-corrected chi connectivity index (χ2v) is 6.36. The third-order valence-electron chi connectivity index (χ3n) is 4.12. The van der Waals surface area contributed by atoms with Gasteiger partial charge >= 0.3 is 0 Å². The van der Waals surface area contributed by atoms with Gasteiger partial charge in [-0.2, -0.15) is 0 Å². The Morgan fingerprint density at radius 3 is 2.71 bits per heavy atom. The van der Waals surface area contributed by atoms with Crippen LogP contribution in [-0.2, 0) is 9.53 Å². The van der Waals surface area contributed by atoms with Gasteiger partial charge in [-0.15, -0.1) is 0 Å². The lowest BCUT2D eigenvalue weighted by Crippen LogP contribution is -2.45. The van der Waals surface area contributed by atoms with E-state index in [2.05, 4.69) is 11.8 Å². The quantitative estimate of drug-likeness (QED) is 0.739. The highest BCUT2D eigenvalue weighted by atomic mass is 16.5. The molecule has 0 bridgehead atoms. The number of hydrogen-bond acceptors (Lipinski definition) is 3. The first-order valence-corrected chi connectivity index (χ1v) is 6.85. The van der Waals surface area contributed by atoms with Crippen LogP contribution in [0.3, 0.4) is 0 Å². The molecule has 3 nitrogen and oxygen atoms in total. The summed E-state index contributed by atoms with van der Waals surface area (Å²) in [4.78, 5) is 14.9. The maximum Gasteiger partial charge on any atom is 0.155 e. The molecule has 0 aromatic heterocycles. The third-order valence-corrected chi connectivity index (χ3v) is 4.12. The van der Waals surface area contributed by atoms with Gasteiger partial charge in [0, 0.05) is 24.5 Å². The molecule has 0 amide bonds. The highest BCUT2D eigenvalue weighted by Crippen LogP contribution is 2.37. The first-order chi connectivity index (χ1) is 7.95. The number of likely N-dealkylation sites (tertiary alicyclic amines) is 1. The van der Waals surface area contributed by atoms with E-state index < -0.39 is 0 Å². The Morgan fingerprint density at radius 2 is 2.12 bits per heavy atom. The van der Waals surface area contributed by atoms with Crippen LogP contribution in [0.4, 0.5) is 0 Å². The van der Waals surface area contributed by atoms with Gasteiger partial charge in [0.1, 0.15) is 0 Å². The summed E-state index contributed by atoms with van der Waals surface area (Å²) >= 11 is 0. The summed E-state index contributed by atoms with van der Waals surface area (Å²) in [5.74, 6) is 0.813. The molecule has 3 heteroatoms. The van der Waals surface area contributed by atoms with Crippen LogP contribution in [0.2, 0.25) is 0 Å². The number of ketones is 1. The Bertz CT molecular complexity index is 295. The van der Waals surface area contributed by atoms with Crippen LogP contribution >= 0.6 is 0 Å². The molecule has 17 heavy (non-hydrogen) atoms. The zero-order valence-electron chi connectivity index (χ0n) is 11.5. The molecule has 2 rings (SSSR count). The van der Waals surface area contributed by atoms with E-state index >= 15 is 0 Å². The van der Waals surface area contributed by atoms with E-state index in [1.165, 1.54) is 0 Å². The molecule has 0 radical (unpaired) electrons. The summed E-state index contributed by atoms with van der Waals surface area (Å²) in [6.45, 7) is 11.0. The number of carbonyl (C=O) groups excluding carboxylic acids is 1. The van der Waals surface area contributed by atoms with Crippen molar-refractivity contribution in [3.63, 3.8) is 0 Å². The molecule has 3 atom stereocenters. The fourth-order valence-electron chi connectivity index (χ4n) is 3.16. The van der Waals surface area contributed by atoms with Gasteiger partial charge in [0.2, 0.25) is 0 Å². The Kier molecular flexibility index (Phi) is 3.60. The molecule has 2 heterocycles. The van der Waals surface area contributed by atoms with E-state index in [1.807, 2.05) is 20.8 Å². The largest absolute Gasteiger partial charge is 0.377 e. The number of likely N-dealkylation sites (N-methyl/N-ethyl adjacent to an activating group) is 1. The van der Waals surface area contributed by atoms with Crippen LogP contribution in [0.5, 0.6) is 0 Å². The molecular formula is C14H25NO2. The van der Waals surface area contributed by atoms with Gasteiger partial charge in [-0.25, -0.2) is 0 Å². The van der Waals surface area contributed by atoms with E-state index in [1.54, 1.807) is 0 Å². The van der Waals surface area contributed by atoms with Crippen molar-refractivity contribution in [2.45, 2.75) is 52.7 Å². The first-order valence-electron chi connectivity index (χ1n) is 6.85. The molecule has 2 aliphatic rings. The lowest BCUT2D eigenvalue weighted by Gasteiger charge is -2.33. The van der Waals surface area contributed by atoms with Crippen LogP contribution in [-0.4, -0.2) is 42.5 Å². The van der Waals surface area contributed by atoms with Crippen molar-refractivity contribution >= 4 is 5.78 Å². The summed E-state index contributed by atoms with van der Waals surface area (Å²) in [6, 6.07) is 0.0882. The number of ether oxygens (including phenoxy) is 1. The van der Waals surface area contributed by atoms with E-state index in [4.69, 9.17) is 4.74 Å². The first kappa shape index (κ1) is 13.0. The summed E-state index contributed by atoms with van der Waals surface area (Å²) in [6.07, 6.45) is 2.54. The third kappa shape index (κ3) is 2.41. The second kappa shape index (κ2) is 4.69. The lowest BCUT2D eigenvalue weighted by molar-refractivity contribution is -0.133. The topological polar surface area (TPSA) is 29.5 Å². The molecule has 0 spiro atoms. The molecule has 0 saturated carbocycles. The monoisotopic (exact) mass is 239 g/mol. The van der Waals surface area contributed by atoms with Gasteiger partial charge in [0.15, 0.2) is 5.78 Å². The molecular weight excluding hydrogens is 214 g/mol. The van der Waals surface area contributed by atoms with Crippen molar-refractivity contribution in [3.05, 3.63) is 0 Å². The fourth-order valence-corrected chi connectivity index (χ4v) is 3.16. The standard InChI is InChI=1S/C14H25NO2/c1-5-15-9-11-10(7-6-8-17-11)12(15)13(16)14(2,3)4/h10-12H,5-9H2,1-4H3. The van der Waals surface area contributed by atoms with Crippen LogP contribution in [0.15, 0.2) is 0 Å². The zero-order valence-corrected chi connectivity index (χ0v) is 11.5. The minimum atomic E-state index is -0.246. The van der Waals surface area contributed by atoms with E-state index in [0.717, 1.165) is 32.5 Å². The number of fused-ring (bicyclic) bond motifs is 1. The number of hydrogen-bond donors (Lipinski definition) is 0. The fraction of sp³-hybridized carbons (Fsp3) is 0.929. The normalized spacial score (nSPS) is 34.7. The summed E-state index contributed by atoms with van der Waals surface area (Å²) in [5.41, 5.74) is -0.246. The van der Waals surface area contributed by atoms with Crippen LogP contribution in [0.1, 0.15) is 40.5 Å². The maximum absolute atomic E-state index is 12.6. The van der Waals surface area contributed by atoms with E-state index in [-0.39, 0.29) is 11.5 Å². The Balaban J connectivity index is 2.20. The van der Waals surface area contributed by atoms with E-state index in [0.29, 0.717) is 17.8 Å². The smallest absolute Gasteiger partial charge is 0.155 e. The summed E-state index contributed by atoms with van der Waals surface area (Å²) in [5, 5.41) is 0. The molecule has 2 fully saturated rings. The van der Waals surface area contributed by atoms with Crippen LogP contribution in [0, 0.1) is 11.3 Å². The maximum atomic E-state index is 12.6. The van der Waals surface area contributed by atoms with Crippen molar-refractivity contribution in [2.24, 2.45) is 11.3 Å². The zero-order chi connectivity index (χ0) is 12.6.